The largest absolute Gasteiger partial charge is 0.570 e. The molecule has 1 unspecified atom stereocenters. The van der Waals surface area contributed by atoms with Crippen LogP contribution in [0.25, 0.3) is 0 Å². The Balaban J connectivity index is 1.86. The molecule has 0 saturated carbocycles. The van der Waals surface area contributed by atoms with Crippen LogP contribution in [0.2, 0.25) is 0 Å². The summed E-state index contributed by atoms with van der Waals surface area (Å²) < 4.78 is 31.9. The van der Waals surface area contributed by atoms with Crippen molar-refractivity contribution >= 4 is 16.3 Å². The second-order valence-corrected chi connectivity index (χ2v) is 8.77. The van der Waals surface area contributed by atoms with Crippen LogP contribution in [0.15, 0.2) is 0 Å². The van der Waals surface area contributed by atoms with Crippen molar-refractivity contribution in [2.45, 2.75) is 56.6 Å². The van der Waals surface area contributed by atoms with E-state index in [0.717, 1.165) is 0 Å². The molecule has 2 aliphatic rings. The lowest BCUT2D eigenvalue weighted by atomic mass is 10.1. The molecule has 7 atom stereocenters. The zero-order chi connectivity index (χ0) is 20.4. The fourth-order valence-corrected chi connectivity index (χ4v) is 3.90. The zero-order valence-corrected chi connectivity index (χ0v) is 15.8. The van der Waals surface area contributed by atoms with Crippen LogP contribution in [0.4, 0.5) is 0 Å². The molecule has 0 amide bonds. The highest BCUT2D eigenvalue weighted by atomic mass is 31.2. The molecule has 2 fully saturated rings. The van der Waals surface area contributed by atoms with Crippen molar-refractivity contribution < 1.29 is 57.7 Å². The van der Waals surface area contributed by atoms with Crippen molar-refractivity contribution in [3.63, 3.8) is 0 Å². The minimum atomic E-state index is -4.37. The maximum atomic E-state index is 9.99. The van der Waals surface area contributed by atoms with Crippen LogP contribution in [0.1, 0.15) is 13.8 Å². The van der Waals surface area contributed by atoms with E-state index in [4.69, 9.17) is 20.0 Å². The molecule has 2 rings (SSSR count). The summed E-state index contributed by atoms with van der Waals surface area (Å²) in [6.07, 6.45) is -4.97. The molecule has 0 aromatic carbocycles. The number of rotatable bonds is 9. The topological polar surface area (TPSA) is 188 Å². The fourth-order valence-electron chi connectivity index (χ4n) is 2.63. The Morgan fingerprint density at radius 3 is 2.23 bits per heavy atom. The van der Waals surface area contributed by atoms with Crippen molar-refractivity contribution in [2.24, 2.45) is 0 Å². The van der Waals surface area contributed by atoms with Gasteiger partial charge in [0, 0.05) is 6.42 Å². The molecule has 2 aliphatic heterocycles. The maximum absolute atomic E-state index is 9.99. The first-order valence-electron chi connectivity index (χ1n) is 8.18. The predicted molar refractivity (Wildman–Crippen MR) is 86.7 cm³/mol. The summed E-state index contributed by atoms with van der Waals surface area (Å²) in [6.45, 7) is 2.29. The summed E-state index contributed by atoms with van der Waals surface area (Å²) >= 11 is 0. The van der Waals surface area contributed by atoms with Crippen molar-refractivity contribution in [1.29, 1.82) is 1.43 Å². The van der Waals surface area contributed by atoms with Gasteiger partial charge in [-0.25, -0.2) is 0 Å². The first kappa shape index (κ1) is 21.1. The average molecular weight is 424 g/mol. The van der Waals surface area contributed by atoms with Crippen LogP contribution in [-0.4, -0.2) is 92.1 Å². The second kappa shape index (κ2) is 8.81. The van der Waals surface area contributed by atoms with E-state index in [0.29, 0.717) is 0 Å². The summed E-state index contributed by atoms with van der Waals surface area (Å²) in [5.41, 5.74) is 0. The molecule has 2 heterocycles. The molecule has 153 valence electrons. The fraction of sp³-hybridized carbons (Fsp3) is 0.917. The predicted octanol–water partition coefficient (Wildman–Crippen LogP) is -1.78. The normalized spacial score (nSPS) is 39.4. The van der Waals surface area contributed by atoms with Crippen LogP contribution >= 0.6 is 16.3 Å². The van der Waals surface area contributed by atoms with Gasteiger partial charge in [0.2, 0.25) is 0 Å². The molecular weight excluding hydrogens is 398 g/mol. The second-order valence-electron chi connectivity index (χ2n) is 6.08. The Labute approximate surface area is 152 Å². The molecule has 12 nitrogen and oxygen atoms in total. The lowest BCUT2D eigenvalue weighted by Crippen LogP contribution is -2.34. The lowest BCUT2D eigenvalue weighted by Gasteiger charge is -2.19. The van der Waals surface area contributed by atoms with Gasteiger partial charge in [0.15, 0.2) is 0 Å². The number of hydrogen-bond acceptors (Lipinski definition) is 12. The molecule has 26 heavy (non-hydrogen) atoms. The standard InChI is InChI=1S/C12H25O12P2/c1-6-3-8(9(22-6)4-20-25(15,16)17)24-26(18,19)21-5-10-12(14)11(13)7(2)23-10/h3,6-19H,4-5H2,1-2H3/q+2/t6-,7-,8+,9+,10+,11?,12-/m0/s1/i15D. The van der Waals surface area contributed by atoms with E-state index in [1.54, 1.807) is 13.8 Å². The first-order chi connectivity index (χ1) is 12.4. The Morgan fingerprint density at radius 2 is 1.65 bits per heavy atom. The summed E-state index contributed by atoms with van der Waals surface area (Å²) in [7, 11) is -8.69. The highest BCUT2D eigenvalue weighted by Gasteiger charge is 2.51. The van der Waals surface area contributed by atoms with Gasteiger partial charge < -0.3 is 19.7 Å². The molecule has 2 saturated heterocycles. The summed E-state index contributed by atoms with van der Waals surface area (Å²) in [6, 6.07) is 0. The van der Waals surface area contributed by atoms with Crippen LogP contribution in [0.5, 0.6) is 0 Å². The van der Waals surface area contributed by atoms with Gasteiger partial charge in [-0.2, -0.15) is 33.5 Å². The van der Waals surface area contributed by atoms with Gasteiger partial charge in [0.05, 0.1) is 12.2 Å². The molecule has 0 bridgehead atoms. The molecule has 0 aromatic heterocycles. The van der Waals surface area contributed by atoms with E-state index in [-0.39, 0.29) is 0 Å². The molecule has 7 N–H and O–H groups in total. The number of aliphatic hydroxyl groups excluding tert-OH is 2. The van der Waals surface area contributed by atoms with E-state index in [1.807, 2.05) is 0 Å². The van der Waals surface area contributed by atoms with E-state index in [2.05, 4.69) is 9.42 Å². The Hall–Kier alpha value is 0.380. The van der Waals surface area contributed by atoms with Crippen LogP contribution in [0, 0.1) is 6.42 Å². The van der Waals surface area contributed by atoms with Crippen LogP contribution in [0.3, 0.4) is 0 Å². The van der Waals surface area contributed by atoms with Crippen LogP contribution < -0.4 is 0 Å². The van der Waals surface area contributed by atoms with Gasteiger partial charge in [-0.3, -0.25) is 0 Å². The molecule has 0 aromatic rings. The molecular formula is C12H25O12P2+2. The van der Waals surface area contributed by atoms with Gasteiger partial charge in [0.1, 0.15) is 43.7 Å². The number of aliphatic hydroxyl groups is 2. The summed E-state index contributed by atoms with van der Waals surface area (Å²) in [5.74, 6) is 0. The van der Waals surface area contributed by atoms with E-state index in [1.165, 1.54) is 6.42 Å². The maximum Gasteiger partial charge on any atom is 0.570 e. The highest BCUT2D eigenvalue weighted by Crippen LogP contribution is 2.55. The van der Waals surface area contributed by atoms with E-state index >= 15 is 0 Å². The van der Waals surface area contributed by atoms with Gasteiger partial charge >= 0.3 is 16.3 Å². The SMILES string of the molecule is [2H]O[P+](O)(O)OC[C@H]1O[C@@H](C)[CH][C@H]1O[P+](O)(O)OC[C@H]1O[C@@H](C)C(O)[C@H]1O. The van der Waals surface area contributed by atoms with Gasteiger partial charge in [0.25, 0.3) is 1.43 Å². The van der Waals surface area contributed by atoms with Crippen molar-refractivity contribution in [3.05, 3.63) is 6.42 Å². The zero-order valence-electron chi connectivity index (χ0n) is 15.1. The third-order valence-corrected chi connectivity index (χ3v) is 5.38. The highest BCUT2D eigenvalue weighted by molar-refractivity contribution is 7.54. The first-order valence-corrected chi connectivity index (χ1v) is 10.8. The Kier molecular flexibility index (Phi) is 7.15. The molecule has 0 spiro atoms. The molecule has 14 heteroatoms. The lowest BCUT2D eigenvalue weighted by molar-refractivity contribution is -0.0424. The van der Waals surface area contributed by atoms with E-state index < -0.39 is 72.3 Å². The third-order valence-electron chi connectivity index (χ3n) is 3.89. The Morgan fingerprint density at radius 1 is 1.00 bits per heavy atom. The van der Waals surface area contributed by atoms with Gasteiger partial charge in [-0.1, -0.05) is 0 Å². The number of ether oxygens (including phenoxy) is 2. The summed E-state index contributed by atoms with van der Waals surface area (Å²) in [4.78, 5) is 42.0. The van der Waals surface area contributed by atoms with Gasteiger partial charge in [-0.15, -0.1) is 4.52 Å². The monoisotopic (exact) mass is 424 g/mol. The smallest absolute Gasteiger partial charge is 0.388 e. The van der Waals surface area contributed by atoms with Crippen molar-refractivity contribution in [3.8, 4) is 0 Å². The van der Waals surface area contributed by atoms with Crippen molar-refractivity contribution in [2.75, 3.05) is 13.2 Å². The minimum absolute atomic E-state index is 0.442. The van der Waals surface area contributed by atoms with Crippen molar-refractivity contribution in [1.82, 2.24) is 0 Å². The summed E-state index contributed by atoms with van der Waals surface area (Å²) in [5, 5.41) is 19.4. The molecule has 0 aliphatic carbocycles. The third kappa shape index (κ3) is 6.47. The number of hydrogen-bond donors (Lipinski definition) is 7. The van der Waals surface area contributed by atoms with Crippen LogP contribution in [-0.2, 0) is 23.0 Å². The molecule has 1 radical (unpaired) electrons. The minimum Gasteiger partial charge on any atom is -0.388 e. The van der Waals surface area contributed by atoms with E-state index in [9.17, 15) is 29.8 Å². The Bertz CT molecular complexity index is 485. The quantitative estimate of drug-likeness (QED) is 0.207. The average Bonchev–Trinajstić information content (AvgIpc) is 3.05. The van der Waals surface area contributed by atoms with Gasteiger partial charge in [-0.05, 0) is 13.8 Å².